The van der Waals surface area contributed by atoms with E-state index in [-0.39, 0.29) is 0 Å². The topological polar surface area (TPSA) is 57.9 Å². The van der Waals surface area contributed by atoms with Gasteiger partial charge in [-0.15, -0.1) is 0 Å². The maximum Gasteiger partial charge on any atom is 0.336 e. The van der Waals surface area contributed by atoms with Crippen LogP contribution in [0, 0.1) is 5.92 Å². The molecule has 0 saturated heterocycles. The van der Waals surface area contributed by atoms with Gasteiger partial charge in [-0.1, -0.05) is 13.8 Å². The molecule has 0 radical (unpaired) electrons. The van der Waals surface area contributed by atoms with Gasteiger partial charge in [-0.25, -0.2) is 4.79 Å². The van der Waals surface area contributed by atoms with Crippen molar-refractivity contribution in [1.82, 2.24) is 0 Å². The highest BCUT2D eigenvalue weighted by Gasteiger charge is 2.19. The van der Waals surface area contributed by atoms with E-state index < -0.39 is 5.63 Å². The predicted molar refractivity (Wildman–Crippen MR) is 80.5 cm³/mol. The molecule has 1 heterocycles. The van der Waals surface area contributed by atoms with Crippen molar-refractivity contribution in [3.8, 4) is 17.2 Å². The Balaban J connectivity index is 2.52. The second-order valence-corrected chi connectivity index (χ2v) is 5.14. The molecule has 0 spiro atoms. The fourth-order valence-electron chi connectivity index (χ4n) is 2.01. The van der Waals surface area contributed by atoms with Gasteiger partial charge in [0.15, 0.2) is 11.3 Å². The van der Waals surface area contributed by atoms with Gasteiger partial charge in [0.1, 0.15) is 0 Å². The minimum Gasteiger partial charge on any atom is -0.493 e. The molecule has 0 aliphatic heterocycles. The Morgan fingerprint density at radius 1 is 1.14 bits per heavy atom. The summed E-state index contributed by atoms with van der Waals surface area (Å²) in [4.78, 5) is 11.4. The smallest absolute Gasteiger partial charge is 0.336 e. The highest BCUT2D eigenvalue weighted by molar-refractivity contribution is 5.88. The molecule has 2 aromatic rings. The van der Waals surface area contributed by atoms with E-state index in [0.29, 0.717) is 35.4 Å². The number of ether oxygens (including phenoxy) is 3. The third-order valence-corrected chi connectivity index (χ3v) is 3.15. The van der Waals surface area contributed by atoms with Crippen LogP contribution in [0.4, 0.5) is 0 Å². The van der Waals surface area contributed by atoms with Crippen LogP contribution in [0.2, 0.25) is 0 Å². The van der Waals surface area contributed by atoms with E-state index in [2.05, 4.69) is 13.8 Å². The molecular weight excluding hydrogens is 272 g/mol. The highest BCUT2D eigenvalue weighted by Crippen LogP contribution is 2.43. The number of hydrogen-bond acceptors (Lipinski definition) is 5. The molecule has 0 saturated carbocycles. The summed E-state index contributed by atoms with van der Waals surface area (Å²) in [5.74, 6) is 1.92. The van der Waals surface area contributed by atoms with Crippen molar-refractivity contribution in [3.05, 3.63) is 28.6 Å². The van der Waals surface area contributed by atoms with Gasteiger partial charge in [0.2, 0.25) is 11.5 Å². The SMILES string of the molecule is COc1cc2ccc(=O)oc2c(OC)c1OCCC(C)C. The molecule has 21 heavy (non-hydrogen) atoms. The van der Waals surface area contributed by atoms with Gasteiger partial charge in [0.05, 0.1) is 20.8 Å². The van der Waals surface area contributed by atoms with E-state index in [1.807, 2.05) is 0 Å². The fraction of sp³-hybridized carbons (Fsp3) is 0.438. The van der Waals surface area contributed by atoms with E-state index in [1.165, 1.54) is 13.2 Å². The summed E-state index contributed by atoms with van der Waals surface area (Å²) in [6.45, 7) is 4.78. The van der Waals surface area contributed by atoms with Gasteiger partial charge >= 0.3 is 5.63 Å². The lowest BCUT2D eigenvalue weighted by Crippen LogP contribution is -2.05. The Bertz CT molecular complexity index is 672. The molecule has 2 rings (SSSR count). The van der Waals surface area contributed by atoms with Gasteiger partial charge in [-0.3, -0.25) is 0 Å². The number of rotatable bonds is 6. The van der Waals surface area contributed by atoms with Crippen LogP contribution < -0.4 is 19.8 Å². The van der Waals surface area contributed by atoms with Crippen LogP contribution >= 0.6 is 0 Å². The van der Waals surface area contributed by atoms with Crippen molar-refractivity contribution in [2.24, 2.45) is 5.92 Å². The van der Waals surface area contributed by atoms with Crippen molar-refractivity contribution < 1.29 is 18.6 Å². The zero-order chi connectivity index (χ0) is 15.4. The van der Waals surface area contributed by atoms with Crippen molar-refractivity contribution in [2.75, 3.05) is 20.8 Å². The van der Waals surface area contributed by atoms with Crippen LogP contribution in [0.3, 0.4) is 0 Å². The normalized spacial score (nSPS) is 10.9. The first-order valence-electron chi connectivity index (χ1n) is 6.88. The van der Waals surface area contributed by atoms with Crippen LogP contribution in [-0.4, -0.2) is 20.8 Å². The molecule has 0 amide bonds. The maximum absolute atomic E-state index is 11.4. The Morgan fingerprint density at radius 2 is 1.90 bits per heavy atom. The molecule has 0 atom stereocenters. The third-order valence-electron chi connectivity index (χ3n) is 3.15. The average Bonchev–Trinajstić information content (AvgIpc) is 2.46. The van der Waals surface area contributed by atoms with E-state index in [0.717, 1.165) is 11.8 Å². The van der Waals surface area contributed by atoms with E-state index >= 15 is 0 Å². The Morgan fingerprint density at radius 3 is 2.52 bits per heavy atom. The molecule has 0 N–H and O–H groups in total. The summed E-state index contributed by atoms with van der Waals surface area (Å²) >= 11 is 0. The minimum absolute atomic E-state index is 0.366. The number of fused-ring (bicyclic) bond motifs is 1. The molecular formula is C16H20O5. The first-order chi connectivity index (χ1) is 10.1. The van der Waals surface area contributed by atoms with Gasteiger partial charge in [-0.2, -0.15) is 0 Å². The molecule has 0 fully saturated rings. The lowest BCUT2D eigenvalue weighted by molar-refractivity contribution is 0.257. The summed E-state index contributed by atoms with van der Waals surface area (Å²) in [6, 6.07) is 4.80. The van der Waals surface area contributed by atoms with Crippen LogP contribution in [0.15, 0.2) is 27.4 Å². The zero-order valence-electron chi connectivity index (χ0n) is 12.8. The van der Waals surface area contributed by atoms with Crippen molar-refractivity contribution in [3.63, 3.8) is 0 Å². The van der Waals surface area contributed by atoms with Crippen LogP contribution in [0.1, 0.15) is 20.3 Å². The van der Waals surface area contributed by atoms with E-state index in [4.69, 9.17) is 18.6 Å². The van der Waals surface area contributed by atoms with E-state index in [9.17, 15) is 4.79 Å². The molecule has 5 heteroatoms. The van der Waals surface area contributed by atoms with Gasteiger partial charge in [0, 0.05) is 11.5 Å². The number of methoxy groups -OCH3 is 2. The first-order valence-corrected chi connectivity index (χ1v) is 6.88. The second-order valence-electron chi connectivity index (χ2n) is 5.14. The van der Waals surface area contributed by atoms with Crippen LogP contribution in [0.25, 0.3) is 11.0 Å². The van der Waals surface area contributed by atoms with Gasteiger partial charge < -0.3 is 18.6 Å². The molecule has 0 bridgehead atoms. The van der Waals surface area contributed by atoms with Crippen molar-refractivity contribution in [2.45, 2.75) is 20.3 Å². The summed E-state index contributed by atoms with van der Waals surface area (Å²) in [5, 5.41) is 0.722. The Labute approximate surface area is 123 Å². The second kappa shape index (κ2) is 6.52. The Hall–Kier alpha value is -2.17. The van der Waals surface area contributed by atoms with Crippen LogP contribution in [-0.2, 0) is 0 Å². The highest BCUT2D eigenvalue weighted by atomic mass is 16.5. The molecule has 1 aromatic carbocycles. The van der Waals surface area contributed by atoms with Crippen molar-refractivity contribution in [1.29, 1.82) is 0 Å². The maximum atomic E-state index is 11.4. The molecule has 5 nitrogen and oxygen atoms in total. The predicted octanol–water partition coefficient (Wildman–Crippen LogP) is 3.24. The van der Waals surface area contributed by atoms with Crippen LogP contribution in [0.5, 0.6) is 17.2 Å². The van der Waals surface area contributed by atoms with Gasteiger partial charge in [-0.05, 0) is 24.5 Å². The molecule has 1 aromatic heterocycles. The minimum atomic E-state index is -0.431. The fourth-order valence-corrected chi connectivity index (χ4v) is 2.01. The Kier molecular flexibility index (Phi) is 4.73. The zero-order valence-corrected chi connectivity index (χ0v) is 12.8. The monoisotopic (exact) mass is 292 g/mol. The summed E-state index contributed by atoms with van der Waals surface area (Å²) in [5.41, 5.74) is -0.0653. The third kappa shape index (κ3) is 3.29. The van der Waals surface area contributed by atoms with E-state index in [1.54, 1.807) is 19.2 Å². The lowest BCUT2D eigenvalue weighted by atomic mass is 10.1. The first kappa shape index (κ1) is 15.2. The molecule has 0 unspecified atom stereocenters. The quantitative estimate of drug-likeness (QED) is 0.765. The average molecular weight is 292 g/mol. The van der Waals surface area contributed by atoms with Gasteiger partial charge in [0.25, 0.3) is 0 Å². The standard InChI is InChI=1S/C16H20O5/c1-10(2)7-8-20-15-12(18-3)9-11-5-6-13(17)21-14(11)16(15)19-4/h5-6,9-10H,7-8H2,1-4H3. The molecule has 0 aliphatic rings. The lowest BCUT2D eigenvalue weighted by Gasteiger charge is -2.16. The van der Waals surface area contributed by atoms with Crippen molar-refractivity contribution >= 4 is 11.0 Å². The molecule has 0 aliphatic carbocycles. The summed E-state index contributed by atoms with van der Waals surface area (Å²) < 4.78 is 21.8. The summed E-state index contributed by atoms with van der Waals surface area (Å²) in [6.07, 6.45) is 0.906. The summed E-state index contributed by atoms with van der Waals surface area (Å²) in [7, 11) is 3.07. The largest absolute Gasteiger partial charge is 0.493 e. The molecule has 114 valence electrons. The number of hydrogen-bond donors (Lipinski definition) is 0. The number of benzene rings is 1.